The van der Waals surface area contributed by atoms with E-state index >= 15 is 0 Å². The first-order valence-corrected chi connectivity index (χ1v) is 5.80. The number of hydrogen-bond acceptors (Lipinski definition) is 4. The number of aliphatic hydroxyl groups is 1. The van der Waals surface area contributed by atoms with Crippen LogP contribution >= 0.6 is 11.3 Å². The van der Waals surface area contributed by atoms with Crippen molar-refractivity contribution in [2.75, 3.05) is 0 Å². The van der Waals surface area contributed by atoms with Crippen LogP contribution in [-0.2, 0) is 4.74 Å². The van der Waals surface area contributed by atoms with Crippen LogP contribution in [0.1, 0.15) is 36.6 Å². The van der Waals surface area contributed by atoms with E-state index in [4.69, 9.17) is 4.74 Å². The van der Waals surface area contributed by atoms with Crippen molar-refractivity contribution < 1.29 is 9.84 Å². The second-order valence-electron chi connectivity index (χ2n) is 3.80. The van der Waals surface area contributed by atoms with Crippen molar-refractivity contribution in [3.8, 4) is 0 Å². The molecule has 0 saturated carbocycles. The fourth-order valence-electron chi connectivity index (χ4n) is 1.77. The Morgan fingerprint density at radius 3 is 2.93 bits per heavy atom. The molecule has 1 aromatic rings. The lowest BCUT2D eigenvalue weighted by Gasteiger charge is -2.16. The van der Waals surface area contributed by atoms with Gasteiger partial charge in [0.2, 0.25) is 0 Å². The molecule has 78 valence electrons. The summed E-state index contributed by atoms with van der Waals surface area (Å²) in [6.07, 6.45) is 1.62. The molecule has 3 nitrogen and oxygen atoms in total. The highest BCUT2D eigenvalue weighted by Crippen LogP contribution is 2.30. The first-order chi connectivity index (χ1) is 6.66. The molecule has 0 aliphatic carbocycles. The zero-order chi connectivity index (χ0) is 10.1. The van der Waals surface area contributed by atoms with Crippen molar-refractivity contribution in [1.82, 2.24) is 4.98 Å². The zero-order valence-electron chi connectivity index (χ0n) is 8.43. The van der Waals surface area contributed by atoms with Gasteiger partial charge in [0.25, 0.3) is 0 Å². The Balaban J connectivity index is 2.05. The number of ether oxygens (including phenoxy) is 1. The number of hydrogen-bond donors (Lipinski definition) is 1. The Hall–Kier alpha value is -0.450. The Labute approximate surface area is 87.7 Å². The summed E-state index contributed by atoms with van der Waals surface area (Å²) in [6.45, 7) is 3.98. The maximum Gasteiger partial charge on any atom is 0.123 e. The Morgan fingerprint density at radius 1 is 1.64 bits per heavy atom. The summed E-state index contributed by atoms with van der Waals surface area (Å²) in [5.41, 5.74) is 0.756. The van der Waals surface area contributed by atoms with Crippen LogP contribution in [-0.4, -0.2) is 22.3 Å². The molecule has 4 heteroatoms. The maximum atomic E-state index is 9.97. The number of aliphatic hydroxyl groups excluding tert-OH is 1. The molecule has 2 rings (SSSR count). The van der Waals surface area contributed by atoms with E-state index in [0.29, 0.717) is 0 Å². The standard InChI is InChI=1S/C10H15NO2S/c1-6-3-4-9(13-6)10(12)8-5-14-7(2)11-8/h5-6,9-10,12H,3-4H2,1-2H3. The van der Waals surface area contributed by atoms with Crippen molar-refractivity contribution >= 4 is 11.3 Å². The van der Waals surface area contributed by atoms with Crippen LogP contribution in [0.15, 0.2) is 5.38 Å². The van der Waals surface area contributed by atoms with Gasteiger partial charge in [0.05, 0.1) is 22.9 Å². The topological polar surface area (TPSA) is 42.4 Å². The number of nitrogens with zero attached hydrogens (tertiary/aromatic N) is 1. The summed E-state index contributed by atoms with van der Waals surface area (Å²) < 4.78 is 5.60. The van der Waals surface area contributed by atoms with E-state index < -0.39 is 6.10 Å². The van der Waals surface area contributed by atoms with Crippen LogP contribution in [0, 0.1) is 6.92 Å². The largest absolute Gasteiger partial charge is 0.384 e. The second kappa shape index (κ2) is 3.96. The second-order valence-corrected chi connectivity index (χ2v) is 4.86. The highest BCUT2D eigenvalue weighted by Gasteiger charge is 2.30. The van der Waals surface area contributed by atoms with Crippen LogP contribution < -0.4 is 0 Å². The Bertz CT molecular complexity index is 313. The predicted molar refractivity (Wildman–Crippen MR) is 55.4 cm³/mol. The molecule has 1 aliphatic rings. The van der Waals surface area contributed by atoms with E-state index in [1.807, 2.05) is 19.2 Å². The molecule has 0 amide bonds. The van der Waals surface area contributed by atoms with Crippen LogP contribution in [0.4, 0.5) is 0 Å². The molecule has 0 aromatic carbocycles. The average Bonchev–Trinajstić information content (AvgIpc) is 2.73. The predicted octanol–water partition coefficient (Wildman–Crippen LogP) is 2.05. The molecule has 1 saturated heterocycles. The van der Waals surface area contributed by atoms with Gasteiger partial charge in [-0.05, 0) is 26.7 Å². The quantitative estimate of drug-likeness (QED) is 0.817. The van der Waals surface area contributed by atoms with E-state index in [1.54, 1.807) is 11.3 Å². The van der Waals surface area contributed by atoms with Gasteiger partial charge >= 0.3 is 0 Å². The molecule has 0 spiro atoms. The van der Waals surface area contributed by atoms with Crippen molar-refractivity contribution in [2.45, 2.75) is 45.0 Å². The van der Waals surface area contributed by atoms with Crippen molar-refractivity contribution in [1.29, 1.82) is 0 Å². The normalized spacial score (nSPS) is 29.4. The van der Waals surface area contributed by atoms with Gasteiger partial charge in [0, 0.05) is 5.38 Å². The minimum Gasteiger partial charge on any atom is -0.384 e. The molecule has 3 unspecified atom stereocenters. The molecular formula is C10H15NO2S. The van der Waals surface area contributed by atoms with Gasteiger partial charge in [-0.1, -0.05) is 0 Å². The summed E-state index contributed by atoms with van der Waals surface area (Å²) in [5, 5.41) is 12.9. The van der Waals surface area contributed by atoms with E-state index in [-0.39, 0.29) is 12.2 Å². The molecule has 1 aromatic heterocycles. The van der Waals surface area contributed by atoms with Crippen LogP contribution in [0.25, 0.3) is 0 Å². The molecular weight excluding hydrogens is 198 g/mol. The first-order valence-electron chi connectivity index (χ1n) is 4.92. The van der Waals surface area contributed by atoms with Gasteiger partial charge < -0.3 is 9.84 Å². The minimum absolute atomic E-state index is 0.0634. The summed E-state index contributed by atoms with van der Waals surface area (Å²) >= 11 is 1.57. The lowest BCUT2D eigenvalue weighted by atomic mass is 10.1. The third-order valence-electron chi connectivity index (χ3n) is 2.56. The van der Waals surface area contributed by atoms with Crippen molar-refractivity contribution in [3.63, 3.8) is 0 Å². The smallest absolute Gasteiger partial charge is 0.123 e. The van der Waals surface area contributed by atoms with Gasteiger partial charge in [-0.2, -0.15) is 0 Å². The van der Waals surface area contributed by atoms with E-state index in [2.05, 4.69) is 4.98 Å². The zero-order valence-corrected chi connectivity index (χ0v) is 9.25. The maximum absolute atomic E-state index is 9.97. The molecule has 0 radical (unpaired) electrons. The van der Waals surface area contributed by atoms with E-state index in [0.717, 1.165) is 23.5 Å². The molecule has 2 heterocycles. The van der Waals surface area contributed by atoms with E-state index in [9.17, 15) is 5.11 Å². The van der Waals surface area contributed by atoms with Gasteiger partial charge in [-0.15, -0.1) is 11.3 Å². The molecule has 1 N–H and O–H groups in total. The monoisotopic (exact) mass is 213 g/mol. The molecule has 1 fully saturated rings. The van der Waals surface area contributed by atoms with E-state index in [1.165, 1.54) is 0 Å². The third kappa shape index (κ3) is 1.97. The minimum atomic E-state index is -0.551. The Kier molecular flexibility index (Phi) is 2.85. The molecule has 14 heavy (non-hydrogen) atoms. The van der Waals surface area contributed by atoms with Crippen molar-refractivity contribution in [3.05, 3.63) is 16.1 Å². The highest BCUT2D eigenvalue weighted by molar-refractivity contribution is 7.09. The Morgan fingerprint density at radius 2 is 2.43 bits per heavy atom. The molecule has 3 atom stereocenters. The fraction of sp³-hybridized carbons (Fsp3) is 0.700. The number of aryl methyl sites for hydroxylation is 1. The summed E-state index contributed by atoms with van der Waals surface area (Å²) in [6, 6.07) is 0. The van der Waals surface area contributed by atoms with Crippen LogP contribution in [0.3, 0.4) is 0 Å². The summed E-state index contributed by atoms with van der Waals surface area (Å²) in [4.78, 5) is 4.27. The number of aromatic nitrogens is 1. The number of thiazole rings is 1. The van der Waals surface area contributed by atoms with Crippen molar-refractivity contribution in [2.24, 2.45) is 0 Å². The van der Waals surface area contributed by atoms with Crippen LogP contribution in [0.2, 0.25) is 0 Å². The fourth-order valence-corrected chi connectivity index (χ4v) is 2.41. The molecule has 0 bridgehead atoms. The molecule has 1 aliphatic heterocycles. The third-order valence-corrected chi connectivity index (χ3v) is 3.35. The van der Waals surface area contributed by atoms with Gasteiger partial charge in [0.15, 0.2) is 0 Å². The highest BCUT2D eigenvalue weighted by atomic mass is 32.1. The van der Waals surface area contributed by atoms with Gasteiger partial charge in [0.1, 0.15) is 6.10 Å². The van der Waals surface area contributed by atoms with Gasteiger partial charge in [-0.25, -0.2) is 4.98 Å². The lowest BCUT2D eigenvalue weighted by molar-refractivity contribution is -0.0312. The average molecular weight is 213 g/mol. The summed E-state index contributed by atoms with van der Waals surface area (Å²) in [7, 11) is 0. The summed E-state index contributed by atoms with van der Waals surface area (Å²) in [5.74, 6) is 0. The van der Waals surface area contributed by atoms with Gasteiger partial charge in [-0.3, -0.25) is 0 Å². The SMILES string of the molecule is Cc1nc(C(O)C2CCC(C)O2)cs1. The number of rotatable bonds is 2. The lowest BCUT2D eigenvalue weighted by Crippen LogP contribution is -2.18. The van der Waals surface area contributed by atoms with Crippen LogP contribution in [0.5, 0.6) is 0 Å². The first kappa shape index (κ1) is 10.1.